The van der Waals surface area contributed by atoms with E-state index in [-0.39, 0.29) is 0 Å². The third kappa shape index (κ3) is 3.21. The van der Waals surface area contributed by atoms with Gasteiger partial charge < -0.3 is 11.1 Å². The monoisotopic (exact) mass is 347 g/mol. The van der Waals surface area contributed by atoms with Gasteiger partial charge in [-0.05, 0) is 44.1 Å². The molecule has 3 aromatic rings. The number of aromatic nitrogens is 4. The van der Waals surface area contributed by atoms with Gasteiger partial charge in [0.25, 0.3) is 0 Å². The van der Waals surface area contributed by atoms with Crippen molar-refractivity contribution in [3.8, 4) is 11.3 Å². The van der Waals surface area contributed by atoms with Crippen molar-refractivity contribution < 1.29 is 0 Å². The number of nitrogens with two attached hydrogens (primary N) is 1. The van der Waals surface area contributed by atoms with E-state index in [0.717, 1.165) is 42.8 Å². The van der Waals surface area contributed by atoms with Crippen LogP contribution in [-0.2, 0) is 0 Å². The van der Waals surface area contributed by atoms with Crippen LogP contribution < -0.4 is 11.1 Å². The molecule has 132 valence electrons. The van der Waals surface area contributed by atoms with Crippen LogP contribution in [0.1, 0.15) is 30.0 Å². The van der Waals surface area contributed by atoms with Crippen LogP contribution in [0.3, 0.4) is 0 Å². The lowest BCUT2D eigenvalue weighted by Gasteiger charge is -2.22. The standard InChI is InChI=1S/C19H21N7/c20-17-11-24-18(13-2-1-5-23-9-13)8-16(17)19(21)14-10-25-26(12-14)15-3-6-22-7-4-15/h1-2,5,8-12,15,21-22H,3-4,6-7,20H2. The maximum atomic E-state index is 8.61. The van der Waals surface area contributed by atoms with Crippen molar-refractivity contribution in [1.29, 1.82) is 5.41 Å². The SMILES string of the molecule is N=C(c1cnn(C2CCNCC2)c1)c1cc(-c2cccnc2)ncc1N. The smallest absolute Gasteiger partial charge is 0.0738 e. The van der Waals surface area contributed by atoms with Gasteiger partial charge in [-0.1, -0.05) is 0 Å². The Hall–Kier alpha value is -3.06. The second kappa shape index (κ2) is 7.05. The number of nitrogens with one attached hydrogen (secondary N) is 2. The molecule has 0 unspecified atom stereocenters. The third-order valence-electron chi connectivity index (χ3n) is 4.73. The Labute approximate surface area is 151 Å². The Balaban J connectivity index is 1.63. The molecule has 0 bridgehead atoms. The number of rotatable bonds is 4. The molecule has 0 saturated carbocycles. The first-order valence-electron chi connectivity index (χ1n) is 8.72. The average Bonchev–Trinajstić information content (AvgIpc) is 3.19. The number of hydrogen-bond acceptors (Lipinski definition) is 6. The van der Waals surface area contributed by atoms with Crippen molar-refractivity contribution in [2.45, 2.75) is 18.9 Å². The fraction of sp³-hybridized carbons (Fsp3) is 0.263. The molecule has 4 N–H and O–H groups in total. The van der Waals surface area contributed by atoms with Crippen molar-refractivity contribution in [3.05, 3.63) is 60.3 Å². The minimum atomic E-state index is 0.357. The maximum Gasteiger partial charge on any atom is 0.0738 e. The second-order valence-corrected chi connectivity index (χ2v) is 6.46. The molecule has 7 heteroatoms. The third-order valence-corrected chi connectivity index (χ3v) is 4.73. The van der Waals surface area contributed by atoms with Crippen LogP contribution in [0.5, 0.6) is 0 Å². The van der Waals surface area contributed by atoms with Gasteiger partial charge >= 0.3 is 0 Å². The molecule has 0 spiro atoms. The van der Waals surface area contributed by atoms with E-state index in [4.69, 9.17) is 11.1 Å². The highest BCUT2D eigenvalue weighted by atomic mass is 15.3. The van der Waals surface area contributed by atoms with Crippen LogP contribution >= 0.6 is 0 Å². The van der Waals surface area contributed by atoms with E-state index in [1.165, 1.54) is 0 Å². The molecule has 1 fully saturated rings. The summed E-state index contributed by atoms with van der Waals surface area (Å²) in [5.74, 6) is 0. The van der Waals surface area contributed by atoms with Crippen LogP contribution in [0.2, 0.25) is 0 Å². The summed E-state index contributed by atoms with van der Waals surface area (Å²) in [5, 5.41) is 16.4. The van der Waals surface area contributed by atoms with E-state index in [1.807, 2.05) is 29.1 Å². The van der Waals surface area contributed by atoms with Gasteiger partial charge in [0.15, 0.2) is 0 Å². The first kappa shape index (κ1) is 16.4. The minimum absolute atomic E-state index is 0.357. The van der Waals surface area contributed by atoms with Crippen molar-refractivity contribution in [2.75, 3.05) is 18.8 Å². The fourth-order valence-corrected chi connectivity index (χ4v) is 3.25. The van der Waals surface area contributed by atoms with E-state index in [1.54, 1.807) is 24.8 Å². The zero-order chi connectivity index (χ0) is 17.9. The molecular formula is C19H21N7. The van der Waals surface area contributed by atoms with E-state index < -0.39 is 0 Å². The Kier molecular flexibility index (Phi) is 4.45. The molecule has 0 aliphatic carbocycles. The van der Waals surface area contributed by atoms with Crippen LogP contribution in [0, 0.1) is 5.41 Å². The molecule has 1 saturated heterocycles. The van der Waals surface area contributed by atoms with Gasteiger partial charge in [-0.2, -0.15) is 5.10 Å². The van der Waals surface area contributed by atoms with Gasteiger partial charge in [-0.3, -0.25) is 20.1 Å². The zero-order valence-corrected chi connectivity index (χ0v) is 14.4. The number of pyridine rings is 2. The van der Waals surface area contributed by atoms with E-state index in [9.17, 15) is 0 Å². The van der Waals surface area contributed by atoms with Gasteiger partial charge in [0, 0.05) is 35.3 Å². The Morgan fingerprint density at radius 2 is 2.08 bits per heavy atom. The number of piperidine rings is 1. The Bertz CT molecular complexity index is 911. The number of nitrogen functional groups attached to an aromatic ring is 1. The minimum Gasteiger partial charge on any atom is -0.397 e. The quantitative estimate of drug-likeness (QED) is 0.628. The highest BCUT2D eigenvalue weighted by Gasteiger charge is 2.18. The molecular weight excluding hydrogens is 326 g/mol. The Morgan fingerprint density at radius 3 is 2.85 bits per heavy atom. The van der Waals surface area contributed by atoms with Gasteiger partial charge in [0.05, 0.1) is 35.5 Å². The van der Waals surface area contributed by atoms with Gasteiger partial charge in [-0.25, -0.2) is 0 Å². The summed E-state index contributed by atoms with van der Waals surface area (Å²) in [7, 11) is 0. The number of nitrogens with zero attached hydrogens (tertiary/aromatic N) is 4. The van der Waals surface area contributed by atoms with Crippen LogP contribution in [0.4, 0.5) is 5.69 Å². The lowest BCUT2D eigenvalue weighted by molar-refractivity contribution is 0.343. The first-order chi connectivity index (χ1) is 12.7. The molecule has 1 aliphatic heterocycles. The number of hydrogen-bond donors (Lipinski definition) is 3. The lowest BCUT2D eigenvalue weighted by Crippen LogP contribution is -2.29. The molecule has 0 atom stereocenters. The number of anilines is 1. The molecule has 0 aromatic carbocycles. The molecule has 4 rings (SSSR count). The molecule has 0 amide bonds. The topological polar surface area (TPSA) is 106 Å². The molecule has 1 aliphatic rings. The maximum absolute atomic E-state index is 8.61. The average molecular weight is 347 g/mol. The molecule has 4 heterocycles. The van der Waals surface area contributed by atoms with Crippen molar-refractivity contribution >= 4 is 11.4 Å². The van der Waals surface area contributed by atoms with Crippen LogP contribution in [0.15, 0.2) is 49.2 Å². The van der Waals surface area contributed by atoms with Crippen LogP contribution in [-0.4, -0.2) is 38.5 Å². The van der Waals surface area contributed by atoms with Gasteiger partial charge in [0.2, 0.25) is 0 Å². The largest absolute Gasteiger partial charge is 0.397 e. The lowest BCUT2D eigenvalue weighted by atomic mass is 10.0. The van der Waals surface area contributed by atoms with Gasteiger partial charge in [-0.15, -0.1) is 0 Å². The predicted molar refractivity (Wildman–Crippen MR) is 101 cm³/mol. The van der Waals surface area contributed by atoms with Crippen molar-refractivity contribution in [3.63, 3.8) is 0 Å². The normalized spacial score (nSPS) is 15.1. The Morgan fingerprint density at radius 1 is 1.23 bits per heavy atom. The van der Waals surface area contributed by atoms with Crippen molar-refractivity contribution in [1.82, 2.24) is 25.1 Å². The fourth-order valence-electron chi connectivity index (χ4n) is 3.25. The summed E-state index contributed by atoms with van der Waals surface area (Å²) in [4.78, 5) is 8.50. The molecule has 3 aromatic heterocycles. The summed E-state index contributed by atoms with van der Waals surface area (Å²) in [6, 6.07) is 6.03. The summed E-state index contributed by atoms with van der Waals surface area (Å²) in [5.41, 5.74) is 10.0. The summed E-state index contributed by atoms with van der Waals surface area (Å²) >= 11 is 0. The zero-order valence-electron chi connectivity index (χ0n) is 14.4. The molecule has 7 nitrogen and oxygen atoms in total. The van der Waals surface area contributed by atoms with E-state index in [2.05, 4.69) is 20.4 Å². The second-order valence-electron chi connectivity index (χ2n) is 6.46. The summed E-state index contributed by atoms with van der Waals surface area (Å²) in [6.45, 7) is 2.01. The molecule has 26 heavy (non-hydrogen) atoms. The van der Waals surface area contributed by atoms with Crippen molar-refractivity contribution in [2.24, 2.45) is 0 Å². The highest BCUT2D eigenvalue weighted by molar-refractivity contribution is 6.13. The molecule has 0 radical (unpaired) electrons. The van der Waals surface area contributed by atoms with E-state index >= 15 is 0 Å². The summed E-state index contributed by atoms with van der Waals surface area (Å²) in [6.07, 6.45) is 10.9. The van der Waals surface area contributed by atoms with E-state index in [0.29, 0.717) is 23.0 Å². The van der Waals surface area contributed by atoms with Crippen LogP contribution in [0.25, 0.3) is 11.3 Å². The van der Waals surface area contributed by atoms with Gasteiger partial charge in [0.1, 0.15) is 0 Å². The summed E-state index contributed by atoms with van der Waals surface area (Å²) < 4.78 is 1.98. The first-order valence-corrected chi connectivity index (χ1v) is 8.72. The highest BCUT2D eigenvalue weighted by Crippen LogP contribution is 2.24. The predicted octanol–water partition coefficient (Wildman–Crippen LogP) is 2.26.